The first-order valence-corrected chi connectivity index (χ1v) is 8.85. The lowest BCUT2D eigenvalue weighted by atomic mass is 10.0. The number of nitrogens with zero attached hydrogens (tertiary/aromatic N) is 2. The van der Waals surface area contributed by atoms with Crippen molar-refractivity contribution >= 4 is 50.1 Å². The van der Waals surface area contributed by atoms with Gasteiger partial charge in [0.05, 0.1) is 21.9 Å². The lowest BCUT2D eigenvalue weighted by Gasteiger charge is -2.19. The summed E-state index contributed by atoms with van der Waals surface area (Å²) in [5.41, 5.74) is 6.12. The Balaban J connectivity index is 2.38. The number of nitrogens with two attached hydrogens (primary N) is 1. The molecule has 4 nitrogen and oxygen atoms in total. The Labute approximate surface area is 151 Å². The van der Waals surface area contributed by atoms with E-state index in [9.17, 15) is 0 Å². The highest BCUT2D eigenvalue weighted by atomic mass is 127. The van der Waals surface area contributed by atoms with E-state index < -0.39 is 0 Å². The largest absolute Gasteiger partial charge is 0.271 e. The standard InChI is InChI=1S/C14H17BrClIN4/c1-3-21-13(14(15)8(2)20-21)7-12(19-18)10-6-9(16)4-5-11(10)17/h4-6,12,19H,3,7,18H2,1-2H3. The predicted octanol–water partition coefficient (Wildman–Crippen LogP) is 3.98. The summed E-state index contributed by atoms with van der Waals surface area (Å²) >= 11 is 12.0. The average Bonchev–Trinajstić information content (AvgIpc) is 2.74. The minimum atomic E-state index is -0.0201. The van der Waals surface area contributed by atoms with Gasteiger partial charge in [-0.3, -0.25) is 16.0 Å². The van der Waals surface area contributed by atoms with Crippen molar-refractivity contribution in [2.24, 2.45) is 5.84 Å². The van der Waals surface area contributed by atoms with Crippen LogP contribution in [-0.2, 0) is 13.0 Å². The Morgan fingerprint density at radius 3 is 2.86 bits per heavy atom. The Hall–Kier alpha value is -0.150. The molecule has 2 rings (SSSR count). The number of aromatic nitrogens is 2. The molecular formula is C14H17BrClIN4. The first-order chi connectivity index (χ1) is 9.97. The maximum atomic E-state index is 6.12. The summed E-state index contributed by atoms with van der Waals surface area (Å²) in [6, 6.07) is 5.83. The smallest absolute Gasteiger partial charge is 0.0738 e. The zero-order valence-electron chi connectivity index (χ0n) is 11.8. The van der Waals surface area contributed by atoms with Gasteiger partial charge < -0.3 is 0 Å². The van der Waals surface area contributed by atoms with Gasteiger partial charge in [-0.25, -0.2) is 0 Å². The number of rotatable bonds is 5. The van der Waals surface area contributed by atoms with Crippen molar-refractivity contribution in [3.63, 3.8) is 0 Å². The van der Waals surface area contributed by atoms with Crippen LogP contribution >= 0.6 is 50.1 Å². The summed E-state index contributed by atoms with van der Waals surface area (Å²) in [6.07, 6.45) is 0.738. The van der Waals surface area contributed by atoms with E-state index in [4.69, 9.17) is 17.4 Å². The molecule has 0 radical (unpaired) electrons. The van der Waals surface area contributed by atoms with Crippen LogP contribution in [0.25, 0.3) is 0 Å². The van der Waals surface area contributed by atoms with Crippen molar-refractivity contribution in [3.05, 3.63) is 48.2 Å². The topological polar surface area (TPSA) is 55.9 Å². The highest BCUT2D eigenvalue weighted by Gasteiger charge is 2.20. The third-order valence-corrected chi connectivity index (χ3v) is 5.63. The maximum Gasteiger partial charge on any atom is 0.0738 e. The van der Waals surface area contributed by atoms with Gasteiger partial charge in [0.25, 0.3) is 0 Å². The van der Waals surface area contributed by atoms with Gasteiger partial charge >= 0.3 is 0 Å². The Morgan fingerprint density at radius 2 is 2.24 bits per heavy atom. The third kappa shape index (κ3) is 3.79. The molecule has 0 aliphatic carbocycles. The fourth-order valence-corrected chi connectivity index (χ4v) is 3.64. The van der Waals surface area contributed by atoms with Crippen molar-refractivity contribution in [2.45, 2.75) is 32.9 Å². The van der Waals surface area contributed by atoms with Crippen LogP contribution in [0.2, 0.25) is 5.02 Å². The number of nitrogens with one attached hydrogen (secondary N) is 1. The van der Waals surface area contributed by atoms with Gasteiger partial charge in [-0.2, -0.15) is 5.10 Å². The second kappa shape index (κ2) is 7.41. The zero-order valence-corrected chi connectivity index (χ0v) is 16.3. The van der Waals surface area contributed by atoms with Crippen LogP contribution in [0.5, 0.6) is 0 Å². The number of hydrogen-bond acceptors (Lipinski definition) is 3. The Kier molecular flexibility index (Phi) is 6.07. The predicted molar refractivity (Wildman–Crippen MR) is 98.3 cm³/mol. The molecule has 0 amide bonds. The van der Waals surface area contributed by atoms with Gasteiger partial charge in [0.1, 0.15) is 0 Å². The van der Waals surface area contributed by atoms with E-state index >= 15 is 0 Å². The van der Waals surface area contributed by atoms with Crippen LogP contribution in [0.4, 0.5) is 0 Å². The number of aryl methyl sites for hydroxylation is 2. The molecule has 0 saturated heterocycles. The monoisotopic (exact) mass is 482 g/mol. The normalized spacial score (nSPS) is 12.7. The summed E-state index contributed by atoms with van der Waals surface area (Å²) in [6.45, 7) is 4.90. The lowest BCUT2D eigenvalue weighted by molar-refractivity contribution is 0.514. The minimum Gasteiger partial charge on any atom is -0.271 e. The molecule has 0 saturated carbocycles. The molecule has 2 aromatic rings. The molecule has 1 heterocycles. The molecule has 21 heavy (non-hydrogen) atoms. The molecule has 1 aromatic carbocycles. The molecule has 0 spiro atoms. The van der Waals surface area contributed by atoms with Gasteiger partial charge in [0.2, 0.25) is 0 Å². The van der Waals surface area contributed by atoms with Crippen LogP contribution < -0.4 is 11.3 Å². The first-order valence-electron chi connectivity index (χ1n) is 6.60. The number of hydrogen-bond donors (Lipinski definition) is 2. The van der Waals surface area contributed by atoms with E-state index in [1.807, 2.05) is 29.8 Å². The van der Waals surface area contributed by atoms with Crippen LogP contribution in [0.1, 0.15) is 29.9 Å². The number of benzene rings is 1. The second-order valence-electron chi connectivity index (χ2n) is 4.75. The highest BCUT2D eigenvalue weighted by Crippen LogP contribution is 2.29. The van der Waals surface area contributed by atoms with E-state index in [0.29, 0.717) is 5.02 Å². The number of halogens is 3. The van der Waals surface area contributed by atoms with Crippen LogP contribution in [0.15, 0.2) is 22.7 Å². The van der Waals surface area contributed by atoms with E-state index in [1.165, 1.54) is 0 Å². The van der Waals surface area contributed by atoms with Gasteiger partial charge in [0.15, 0.2) is 0 Å². The summed E-state index contributed by atoms with van der Waals surface area (Å²) in [4.78, 5) is 0. The van der Waals surface area contributed by atoms with Crippen LogP contribution in [-0.4, -0.2) is 9.78 Å². The molecule has 3 N–H and O–H groups in total. The maximum absolute atomic E-state index is 6.12. The van der Waals surface area contributed by atoms with Gasteiger partial charge in [-0.15, -0.1) is 0 Å². The van der Waals surface area contributed by atoms with Crippen LogP contribution in [0.3, 0.4) is 0 Å². The van der Waals surface area contributed by atoms with E-state index in [1.54, 1.807) is 0 Å². The molecular weight excluding hydrogens is 466 g/mol. The minimum absolute atomic E-state index is 0.0201. The fourth-order valence-electron chi connectivity index (χ4n) is 2.30. The average molecular weight is 484 g/mol. The van der Waals surface area contributed by atoms with Crippen molar-refractivity contribution in [1.82, 2.24) is 15.2 Å². The van der Waals surface area contributed by atoms with Crippen molar-refractivity contribution in [3.8, 4) is 0 Å². The van der Waals surface area contributed by atoms with Gasteiger partial charge in [0, 0.05) is 21.6 Å². The van der Waals surface area contributed by atoms with Crippen LogP contribution in [0, 0.1) is 10.5 Å². The summed E-state index contributed by atoms with van der Waals surface area (Å²) < 4.78 is 4.18. The molecule has 0 aliphatic heterocycles. The summed E-state index contributed by atoms with van der Waals surface area (Å²) in [5, 5.41) is 5.24. The zero-order chi connectivity index (χ0) is 15.6. The molecule has 0 bridgehead atoms. The Bertz CT molecular complexity index is 644. The number of hydrazine groups is 1. The fraction of sp³-hybridized carbons (Fsp3) is 0.357. The highest BCUT2D eigenvalue weighted by molar-refractivity contribution is 14.1. The van der Waals surface area contributed by atoms with E-state index in [2.05, 4.69) is 56.0 Å². The molecule has 1 atom stereocenters. The molecule has 1 aromatic heterocycles. The molecule has 7 heteroatoms. The quantitative estimate of drug-likeness (QED) is 0.384. The van der Waals surface area contributed by atoms with E-state index in [0.717, 1.165) is 38.0 Å². The van der Waals surface area contributed by atoms with Gasteiger partial charge in [-0.05, 0) is 76.1 Å². The van der Waals surface area contributed by atoms with Crippen molar-refractivity contribution in [2.75, 3.05) is 0 Å². The third-order valence-electron chi connectivity index (χ3n) is 3.38. The summed E-state index contributed by atoms with van der Waals surface area (Å²) in [7, 11) is 0. The second-order valence-corrected chi connectivity index (χ2v) is 7.14. The lowest BCUT2D eigenvalue weighted by Crippen LogP contribution is -2.31. The molecule has 114 valence electrons. The van der Waals surface area contributed by atoms with Gasteiger partial charge in [-0.1, -0.05) is 11.6 Å². The molecule has 1 unspecified atom stereocenters. The molecule has 0 fully saturated rings. The van der Waals surface area contributed by atoms with Crippen molar-refractivity contribution < 1.29 is 0 Å². The van der Waals surface area contributed by atoms with Crippen molar-refractivity contribution in [1.29, 1.82) is 0 Å². The Morgan fingerprint density at radius 1 is 1.52 bits per heavy atom. The van der Waals surface area contributed by atoms with E-state index in [-0.39, 0.29) is 6.04 Å². The summed E-state index contributed by atoms with van der Waals surface area (Å²) in [5.74, 6) is 5.78. The SMILES string of the molecule is CCn1nc(C)c(Br)c1CC(NN)c1cc(Cl)ccc1I. The first kappa shape index (κ1) is 17.2. The molecule has 0 aliphatic rings.